The normalized spacial score (nSPS) is 20.2. The first-order valence-electron chi connectivity index (χ1n) is 8.29. The van der Waals surface area contributed by atoms with Gasteiger partial charge >= 0.3 is 0 Å². The minimum atomic E-state index is -1.09. The summed E-state index contributed by atoms with van der Waals surface area (Å²) in [7, 11) is 1.57. The molecule has 0 bridgehead atoms. The van der Waals surface area contributed by atoms with Crippen molar-refractivity contribution in [1.29, 1.82) is 0 Å². The number of fused-ring (bicyclic) bond motifs is 1. The van der Waals surface area contributed by atoms with E-state index < -0.39 is 5.54 Å². The van der Waals surface area contributed by atoms with E-state index in [2.05, 4.69) is 5.32 Å². The Balaban J connectivity index is 1.93. The number of nitrogens with zero attached hydrogens (tertiary/aromatic N) is 1. The van der Waals surface area contributed by atoms with Crippen LogP contribution in [0.1, 0.15) is 53.3 Å². The molecule has 3 amide bonds. The SMILES string of the molecule is COC[C@H](C)NC(=O)C1(N2C(=O)c3ccccc3C2=O)CCCC1. The lowest BCUT2D eigenvalue weighted by Crippen LogP contribution is -2.60. The molecule has 6 nitrogen and oxygen atoms in total. The molecule has 1 heterocycles. The highest BCUT2D eigenvalue weighted by Crippen LogP contribution is 2.40. The summed E-state index contributed by atoms with van der Waals surface area (Å²) in [5, 5.41) is 2.90. The van der Waals surface area contributed by atoms with Crippen molar-refractivity contribution < 1.29 is 19.1 Å². The Hall–Kier alpha value is -2.21. The predicted molar refractivity (Wildman–Crippen MR) is 87.6 cm³/mol. The van der Waals surface area contributed by atoms with Crippen LogP contribution in [0.2, 0.25) is 0 Å². The van der Waals surface area contributed by atoms with Gasteiger partial charge in [-0.1, -0.05) is 25.0 Å². The molecule has 0 unspecified atom stereocenters. The van der Waals surface area contributed by atoms with E-state index in [0.717, 1.165) is 12.8 Å². The zero-order valence-corrected chi connectivity index (χ0v) is 14.0. The van der Waals surface area contributed by atoms with Gasteiger partial charge in [0, 0.05) is 13.2 Å². The molecule has 2 aliphatic rings. The fourth-order valence-electron chi connectivity index (χ4n) is 3.74. The van der Waals surface area contributed by atoms with Gasteiger partial charge in [-0.05, 0) is 31.9 Å². The zero-order valence-electron chi connectivity index (χ0n) is 14.0. The fraction of sp³-hybridized carbons (Fsp3) is 0.500. The lowest BCUT2D eigenvalue weighted by Gasteiger charge is -2.36. The molecule has 1 aromatic rings. The molecule has 1 aliphatic carbocycles. The molecular weight excluding hydrogens is 308 g/mol. The maximum absolute atomic E-state index is 13.0. The van der Waals surface area contributed by atoms with E-state index in [9.17, 15) is 14.4 Å². The molecular formula is C18H22N2O4. The highest BCUT2D eigenvalue weighted by atomic mass is 16.5. The number of carbonyl (C=O) groups excluding carboxylic acids is 3. The molecule has 1 saturated carbocycles. The van der Waals surface area contributed by atoms with Crippen molar-refractivity contribution in [2.24, 2.45) is 0 Å². The molecule has 0 aromatic heterocycles. The fourth-order valence-corrected chi connectivity index (χ4v) is 3.74. The van der Waals surface area contributed by atoms with Crippen molar-refractivity contribution in [3.8, 4) is 0 Å². The van der Waals surface area contributed by atoms with E-state index in [1.165, 1.54) is 4.90 Å². The van der Waals surface area contributed by atoms with E-state index in [-0.39, 0.29) is 23.8 Å². The maximum Gasteiger partial charge on any atom is 0.262 e. The van der Waals surface area contributed by atoms with Crippen LogP contribution in [0.4, 0.5) is 0 Å². The molecule has 3 rings (SSSR count). The Morgan fingerprint density at radius 3 is 2.25 bits per heavy atom. The largest absolute Gasteiger partial charge is 0.383 e. The van der Waals surface area contributed by atoms with E-state index in [4.69, 9.17) is 4.74 Å². The van der Waals surface area contributed by atoms with Gasteiger partial charge < -0.3 is 10.1 Å². The quantitative estimate of drug-likeness (QED) is 0.835. The van der Waals surface area contributed by atoms with Crippen molar-refractivity contribution in [1.82, 2.24) is 10.2 Å². The minimum absolute atomic E-state index is 0.185. The highest BCUT2D eigenvalue weighted by molar-refractivity contribution is 6.23. The molecule has 24 heavy (non-hydrogen) atoms. The number of ether oxygens (including phenoxy) is 1. The summed E-state index contributed by atoms with van der Waals surface area (Å²) < 4.78 is 5.06. The number of amides is 3. The van der Waals surface area contributed by atoms with Crippen molar-refractivity contribution in [2.75, 3.05) is 13.7 Å². The average molecular weight is 330 g/mol. The Kier molecular flexibility index (Phi) is 4.41. The predicted octanol–water partition coefficient (Wildman–Crippen LogP) is 1.75. The third kappa shape index (κ3) is 2.51. The van der Waals surface area contributed by atoms with Gasteiger partial charge in [0.05, 0.1) is 17.7 Å². The molecule has 0 saturated heterocycles. The molecule has 1 atom stereocenters. The first kappa shape index (κ1) is 16.6. The lowest BCUT2D eigenvalue weighted by molar-refractivity contribution is -0.131. The molecule has 1 aliphatic heterocycles. The first-order chi connectivity index (χ1) is 11.5. The van der Waals surface area contributed by atoms with E-state index >= 15 is 0 Å². The molecule has 0 radical (unpaired) electrons. The van der Waals surface area contributed by atoms with Crippen molar-refractivity contribution in [3.63, 3.8) is 0 Å². The highest BCUT2D eigenvalue weighted by Gasteiger charge is 2.54. The second-order valence-corrected chi connectivity index (χ2v) is 6.56. The Morgan fingerprint density at radius 1 is 1.21 bits per heavy atom. The van der Waals surface area contributed by atoms with Gasteiger partial charge in [-0.25, -0.2) is 0 Å². The molecule has 0 spiro atoms. The number of rotatable bonds is 5. The third-order valence-electron chi connectivity index (χ3n) is 4.87. The summed E-state index contributed by atoms with van der Waals surface area (Å²) in [6.45, 7) is 2.22. The topological polar surface area (TPSA) is 75.7 Å². The van der Waals surface area contributed by atoms with Crippen LogP contribution in [-0.2, 0) is 9.53 Å². The van der Waals surface area contributed by atoms with Gasteiger partial charge in [0.25, 0.3) is 11.8 Å². The van der Waals surface area contributed by atoms with Crippen molar-refractivity contribution >= 4 is 17.7 Å². The third-order valence-corrected chi connectivity index (χ3v) is 4.87. The standard InChI is InChI=1S/C18H22N2O4/c1-12(11-24-2)19-17(23)18(9-5-6-10-18)20-15(21)13-7-3-4-8-14(13)16(20)22/h3-4,7-8,12H,5-6,9-11H2,1-2H3,(H,19,23)/t12-/m0/s1. The second kappa shape index (κ2) is 6.36. The van der Waals surface area contributed by atoms with Crippen LogP contribution in [0.5, 0.6) is 0 Å². The minimum Gasteiger partial charge on any atom is -0.383 e. The summed E-state index contributed by atoms with van der Waals surface area (Å²) in [5.74, 6) is -1.00. The van der Waals surface area contributed by atoms with Crippen LogP contribution in [0, 0.1) is 0 Å². The van der Waals surface area contributed by atoms with Crippen LogP contribution in [0.25, 0.3) is 0 Å². The number of hydrogen-bond acceptors (Lipinski definition) is 4. The second-order valence-electron chi connectivity index (χ2n) is 6.56. The summed E-state index contributed by atoms with van der Waals surface area (Å²) in [4.78, 5) is 39.8. The summed E-state index contributed by atoms with van der Waals surface area (Å²) >= 11 is 0. The smallest absolute Gasteiger partial charge is 0.262 e. The number of carbonyl (C=O) groups is 3. The maximum atomic E-state index is 13.0. The van der Waals surface area contributed by atoms with E-state index in [0.29, 0.717) is 30.6 Å². The van der Waals surface area contributed by atoms with Crippen molar-refractivity contribution in [3.05, 3.63) is 35.4 Å². The van der Waals surface area contributed by atoms with Crippen LogP contribution in [0.3, 0.4) is 0 Å². The molecule has 1 fully saturated rings. The van der Waals surface area contributed by atoms with Crippen LogP contribution in [-0.4, -0.2) is 47.9 Å². The zero-order chi connectivity index (χ0) is 17.3. The Bertz CT molecular complexity index is 644. The first-order valence-corrected chi connectivity index (χ1v) is 8.29. The van der Waals surface area contributed by atoms with Gasteiger partial charge in [-0.15, -0.1) is 0 Å². The van der Waals surface area contributed by atoms with Gasteiger partial charge in [0.2, 0.25) is 5.91 Å². The molecule has 1 aromatic carbocycles. The van der Waals surface area contributed by atoms with Gasteiger partial charge in [0.1, 0.15) is 5.54 Å². The monoisotopic (exact) mass is 330 g/mol. The van der Waals surface area contributed by atoms with Gasteiger partial charge in [0.15, 0.2) is 0 Å². The Labute approximate surface area is 141 Å². The lowest BCUT2D eigenvalue weighted by atomic mass is 9.93. The molecule has 6 heteroatoms. The number of imide groups is 1. The number of benzene rings is 1. The van der Waals surface area contributed by atoms with Crippen molar-refractivity contribution in [2.45, 2.75) is 44.2 Å². The summed E-state index contributed by atoms with van der Waals surface area (Å²) in [6.07, 6.45) is 2.65. The summed E-state index contributed by atoms with van der Waals surface area (Å²) in [6, 6.07) is 6.56. The number of hydrogen-bond donors (Lipinski definition) is 1. The number of nitrogens with one attached hydrogen (secondary N) is 1. The average Bonchev–Trinajstić information content (AvgIpc) is 3.13. The Morgan fingerprint density at radius 2 is 1.75 bits per heavy atom. The van der Waals surface area contributed by atoms with Gasteiger partial charge in [-0.3, -0.25) is 19.3 Å². The van der Waals surface area contributed by atoms with E-state index in [1.54, 1.807) is 31.4 Å². The molecule has 1 N–H and O–H groups in total. The van der Waals surface area contributed by atoms with Crippen LogP contribution >= 0.6 is 0 Å². The van der Waals surface area contributed by atoms with Gasteiger partial charge in [-0.2, -0.15) is 0 Å². The van der Waals surface area contributed by atoms with Crippen LogP contribution in [0.15, 0.2) is 24.3 Å². The summed E-state index contributed by atoms with van der Waals surface area (Å²) in [5.41, 5.74) is -0.326. The molecule has 128 valence electrons. The number of methoxy groups -OCH3 is 1. The van der Waals surface area contributed by atoms with E-state index in [1.807, 2.05) is 6.92 Å². The van der Waals surface area contributed by atoms with Crippen LogP contribution < -0.4 is 5.32 Å².